The summed E-state index contributed by atoms with van der Waals surface area (Å²) in [6.07, 6.45) is 4.96. The first kappa shape index (κ1) is 16.6. The molecule has 0 radical (unpaired) electrons. The van der Waals surface area contributed by atoms with Crippen LogP contribution in [-0.2, 0) is 17.8 Å². The number of hydrogen-bond donors (Lipinski definition) is 1. The van der Waals surface area contributed by atoms with E-state index in [1.54, 1.807) is 7.05 Å². The van der Waals surface area contributed by atoms with Crippen molar-refractivity contribution in [1.29, 1.82) is 0 Å². The number of benzene rings is 1. The third-order valence-corrected chi connectivity index (χ3v) is 4.95. The Morgan fingerprint density at radius 2 is 2.04 bits per heavy atom. The second-order valence-electron chi connectivity index (χ2n) is 6.35. The van der Waals surface area contributed by atoms with Crippen LogP contribution in [0.15, 0.2) is 36.5 Å². The van der Waals surface area contributed by atoms with E-state index in [4.69, 9.17) is 5.10 Å². The average Bonchev–Trinajstić information content (AvgIpc) is 3.21. The fourth-order valence-corrected chi connectivity index (χ4v) is 3.55. The average molecular weight is 326 g/mol. The summed E-state index contributed by atoms with van der Waals surface area (Å²) in [5, 5.41) is 7.54. The number of amides is 1. The molecule has 0 spiro atoms. The Morgan fingerprint density at radius 3 is 2.75 bits per heavy atom. The quantitative estimate of drug-likeness (QED) is 0.888. The van der Waals surface area contributed by atoms with Crippen molar-refractivity contribution in [3.8, 4) is 0 Å². The highest BCUT2D eigenvalue weighted by atomic mass is 16.2. The maximum Gasteiger partial charge on any atom is 0.242 e. The predicted octanol–water partition coefficient (Wildman–Crippen LogP) is 2.92. The maximum absolute atomic E-state index is 12.3. The largest absolute Gasteiger partial charge is 0.357 e. The van der Waals surface area contributed by atoms with Crippen LogP contribution in [0, 0.1) is 0 Å². The molecular weight excluding hydrogens is 300 g/mol. The third kappa shape index (κ3) is 3.03. The van der Waals surface area contributed by atoms with Gasteiger partial charge in [-0.3, -0.25) is 9.48 Å². The summed E-state index contributed by atoms with van der Waals surface area (Å²) in [6, 6.07) is 10.6. The summed E-state index contributed by atoms with van der Waals surface area (Å²) in [4.78, 5) is 14.5. The molecule has 0 fully saturated rings. The normalized spacial score (nSPS) is 16.5. The van der Waals surface area contributed by atoms with Crippen LogP contribution in [-0.4, -0.2) is 28.8 Å². The van der Waals surface area contributed by atoms with E-state index in [0.29, 0.717) is 12.6 Å². The molecule has 1 amide bonds. The smallest absolute Gasteiger partial charge is 0.242 e. The molecule has 2 heterocycles. The van der Waals surface area contributed by atoms with E-state index >= 15 is 0 Å². The fraction of sp³-hybridized carbons (Fsp3) is 0.474. The number of rotatable bonds is 6. The Balaban J connectivity index is 1.85. The highest BCUT2D eigenvalue weighted by Crippen LogP contribution is 2.33. The Bertz CT molecular complexity index is 705. The number of fused-ring (bicyclic) bond motifs is 1. The number of likely N-dealkylation sites (N-methyl/N-ethyl adjacent to an activating group) is 1. The summed E-state index contributed by atoms with van der Waals surface area (Å²) < 4.78 is 2.06. The molecule has 3 rings (SSSR count). The molecule has 0 saturated carbocycles. The number of nitrogens with one attached hydrogen (secondary N) is 1. The number of aromatic nitrogens is 2. The van der Waals surface area contributed by atoms with Crippen molar-refractivity contribution in [2.24, 2.45) is 0 Å². The van der Waals surface area contributed by atoms with Crippen LogP contribution in [0.5, 0.6) is 0 Å². The number of anilines is 1. The molecule has 0 aliphatic carbocycles. The first-order chi connectivity index (χ1) is 11.7. The lowest BCUT2D eigenvalue weighted by molar-refractivity contribution is -0.121. The minimum atomic E-state index is -0.161. The topological polar surface area (TPSA) is 50.2 Å². The van der Waals surface area contributed by atoms with Gasteiger partial charge in [0.05, 0.1) is 18.3 Å². The van der Waals surface area contributed by atoms with Crippen LogP contribution >= 0.6 is 0 Å². The van der Waals surface area contributed by atoms with Crippen molar-refractivity contribution < 1.29 is 4.79 Å². The molecule has 1 N–H and O–H groups in total. The standard InChI is InChI=1S/C19H26N4O/c1-4-16(5-2)23-11-10-15(21-23)13-22-17-9-7-6-8-14(17)12-18(22)19(24)20-3/h6-11,16,18H,4-5,12-13H2,1-3H3,(H,20,24). The van der Waals surface area contributed by atoms with Crippen LogP contribution in [0.1, 0.15) is 44.0 Å². The first-order valence-corrected chi connectivity index (χ1v) is 8.78. The Hall–Kier alpha value is -2.30. The maximum atomic E-state index is 12.3. The molecular formula is C19H26N4O. The molecule has 1 aromatic heterocycles. The monoisotopic (exact) mass is 326 g/mol. The predicted molar refractivity (Wildman–Crippen MR) is 96.0 cm³/mol. The lowest BCUT2D eigenvalue weighted by Gasteiger charge is -2.25. The Labute approximate surface area is 143 Å². The zero-order valence-corrected chi connectivity index (χ0v) is 14.7. The van der Waals surface area contributed by atoms with Gasteiger partial charge in [-0.2, -0.15) is 5.10 Å². The van der Waals surface area contributed by atoms with E-state index in [-0.39, 0.29) is 11.9 Å². The molecule has 1 atom stereocenters. The van der Waals surface area contributed by atoms with Gasteiger partial charge in [0.15, 0.2) is 0 Å². The van der Waals surface area contributed by atoms with E-state index in [1.807, 2.05) is 12.1 Å². The van der Waals surface area contributed by atoms with Gasteiger partial charge in [0, 0.05) is 25.4 Å². The van der Waals surface area contributed by atoms with Crippen LogP contribution in [0.4, 0.5) is 5.69 Å². The van der Waals surface area contributed by atoms with Crippen molar-refractivity contribution in [1.82, 2.24) is 15.1 Å². The summed E-state index contributed by atoms with van der Waals surface area (Å²) in [5.41, 5.74) is 3.38. The zero-order valence-electron chi connectivity index (χ0n) is 14.7. The molecule has 1 aromatic carbocycles. The van der Waals surface area contributed by atoms with Crippen LogP contribution in [0.2, 0.25) is 0 Å². The van der Waals surface area contributed by atoms with E-state index in [0.717, 1.165) is 30.6 Å². The van der Waals surface area contributed by atoms with E-state index in [2.05, 4.69) is 53.1 Å². The van der Waals surface area contributed by atoms with Crippen molar-refractivity contribution in [2.75, 3.05) is 11.9 Å². The second-order valence-corrected chi connectivity index (χ2v) is 6.35. The Morgan fingerprint density at radius 1 is 1.29 bits per heavy atom. The summed E-state index contributed by atoms with van der Waals surface area (Å²) >= 11 is 0. The zero-order chi connectivity index (χ0) is 17.1. The van der Waals surface area contributed by atoms with Gasteiger partial charge in [-0.25, -0.2) is 0 Å². The lowest BCUT2D eigenvalue weighted by atomic mass is 10.1. The van der Waals surface area contributed by atoms with E-state index in [1.165, 1.54) is 5.56 Å². The summed E-state index contributed by atoms with van der Waals surface area (Å²) in [6.45, 7) is 5.03. The molecule has 5 heteroatoms. The molecule has 0 bridgehead atoms. The molecule has 1 unspecified atom stereocenters. The van der Waals surface area contributed by atoms with Crippen molar-refractivity contribution in [2.45, 2.75) is 51.7 Å². The van der Waals surface area contributed by atoms with Gasteiger partial charge in [0.25, 0.3) is 0 Å². The highest BCUT2D eigenvalue weighted by molar-refractivity contribution is 5.88. The minimum Gasteiger partial charge on any atom is -0.357 e. The molecule has 24 heavy (non-hydrogen) atoms. The molecule has 5 nitrogen and oxygen atoms in total. The number of nitrogens with zero attached hydrogens (tertiary/aromatic N) is 3. The van der Waals surface area contributed by atoms with E-state index < -0.39 is 0 Å². The lowest BCUT2D eigenvalue weighted by Crippen LogP contribution is -2.43. The van der Waals surface area contributed by atoms with Gasteiger partial charge >= 0.3 is 0 Å². The number of hydrogen-bond acceptors (Lipinski definition) is 3. The van der Waals surface area contributed by atoms with Gasteiger partial charge in [0.2, 0.25) is 5.91 Å². The van der Waals surface area contributed by atoms with Gasteiger partial charge in [-0.05, 0) is 30.5 Å². The van der Waals surface area contributed by atoms with Gasteiger partial charge in [-0.15, -0.1) is 0 Å². The number of carbonyl (C=O) groups excluding carboxylic acids is 1. The van der Waals surface area contributed by atoms with Crippen molar-refractivity contribution in [3.63, 3.8) is 0 Å². The molecule has 2 aromatic rings. The van der Waals surface area contributed by atoms with Gasteiger partial charge < -0.3 is 10.2 Å². The molecule has 1 aliphatic rings. The summed E-state index contributed by atoms with van der Waals surface area (Å²) in [5.74, 6) is 0.0608. The van der Waals surface area contributed by atoms with Gasteiger partial charge in [-0.1, -0.05) is 32.0 Å². The SMILES string of the molecule is CCC(CC)n1ccc(CN2c3ccccc3CC2C(=O)NC)n1. The molecule has 1 aliphatic heterocycles. The van der Waals surface area contributed by atoms with Gasteiger partial charge in [0.1, 0.15) is 6.04 Å². The Kier molecular flexibility index (Phi) is 4.88. The minimum absolute atomic E-state index is 0.0608. The van der Waals surface area contributed by atoms with Crippen molar-refractivity contribution >= 4 is 11.6 Å². The highest BCUT2D eigenvalue weighted by Gasteiger charge is 2.34. The second kappa shape index (κ2) is 7.07. The fourth-order valence-electron chi connectivity index (χ4n) is 3.55. The first-order valence-electron chi connectivity index (χ1n) is 8.78. The third-order valence-electron chi connectivity index (χ3n) is 4.95. The summed E-state index contributed by atoms with van der Waals surface area (Å²) in [7, 11) is 1.70. The number of carbonyl (C=O) groups is 1. The van der Waals surface area contributed by atoms with Crippen molar-refractivity contribution in [3.05, 3.63) is 47.8 Å². The van der Waals surface area contributed by atoms with Crippen LogP contribution < -0.4 is 10.2 Å². The van der Waals surface area contributed by atoms with Crippen LogP contribution in [0.25, 0.3) is 0 Å². The molecule has 0 saturated heterocycles. The van der Waals surface area contributed by atoms with Crippen LogP contribution in [0.3, 0.4) is 0 Å². The number of para-hydroxylation sites is 1. The molecule has 128 valence electrons. The van der Waals surface area contributed by atoms with E-state index in [9.17, 15) is 4.79 Å².